The lowest BCUT2D eigenvalue weighted by Gasteiger charge is -2.34. The number of carbonyl (C=O) groups excluding carboxylic acids is 2. The van der Waals surface area contributed by atoms with Crippen LogP contribution in [0.2, 0.25) is 5.02 Å². The molecule has 7 nitrogen and oxygen atoms in total. The number of carbonyl (C=O) groups is 2. The Bertz CT molecular complexity index is 1530. The minimum Gasteiger partial charge on any atom is -0.352 e. The van der Waals surface area contributed by atoms with Crippen molar-refractivity contribution in [2.75, 3.05) is 31.1 Å². The zero-order valence-electron chi connectivity index (χ0n) is 22.8. The van der Waals surface area contributed by atoms with E-state index in [-0.39, 0.29) is 33.5 Å². The van der Waals surface area contributed by atoms with E-state index in [0.717, 1.165) is 31.6 Å². The lowest BCUT2D eigenvalue weighted by molar-refractivity contribution is 0.0944. The SMILES string of the molecule is C[C@@H]1C[C@H](C)CN(CCCNC(=O)c2ccc3c(c2)N(Cc2cccc(Cl)c2)C(=O)c2ccccc2S3(=O)=O)C1. The van der Waals surface area contributed by atoms with Crippen LogP contribution in [0.1, 0.15) is 53.0 Å². The maximum absolute atomic E-state index is 13.8. The first-order valence-corrected chi connectivity index (χ1v) is 15.5. The molecular formula is C31H34ClN3O4S. The van der Waals surface area contributed by atoms with Crippen molar-refractivity contribution in [2.45, 2.75) is 43.0 Å². The van der Waals surface area contributed by atoms with Gasteiger partial charge in [-0.15, -0.1) is 0 Å². The van der Waals surface area contributed by atoms with E-state index in [9.17, 15) is 18.0 Å². The number of nitrogens with zero attached hydrogens (tertiary/aromatic N) is 2. The van der Waals surface area contributed by atoms with Crippen LogP contribution >= 0.6 is 11.6 Å². The first kappa shape index (κ1) is 28.3. The molecule has 0 bridgehead atoms. The number of likely N-dealkylation sites (tertiary alicyclic amines) is 1. The normalized spacial score (nSPS) is 20.4. The lowest BCUT2D eigenvalue weighted by atomic mass is 9.92. The largest absolute Gasteiger partial charge is 0.352 e. The third-order valence-corrected chi connectivity index (χ3v) is 9.66. The number of hydrogen-bond donors (Lipinski definition) is 1. The Hall–Kier alpha value is -3.20. The van der Waals surface area contributed by atoms with E-state index in [1.54, 1.807) is 30.3 Å². The van der Waals surface area contributed by atoms with E-state index in [0.29, 0.717) is 29.0 Å². The van der Waals surface area contributed by atoms with E-state index in [1.165, 1.54) is 41.7 Å². The molecule has 0 radical (unpaired) electrons. The molecule has 2 heterocycles. The van der Waals surface area contributed by atoms with Gasteiger partial charge in [-0.3, -0.25) is 9.59 Å². The number of anilines is 1. The number of rotatable bonds is 7. The van der Waals surface area contributed by atoms with Gasteiger partial charge in [0.2, 0.25) is 9.84 Å². The summed E-state index contributed by atoms with van der Waals surface area (Å²) in [6, 6.07) is 17.7. The molecule has 5 rings (SSSR count). The van der Waals surface area contributed by atoms with E-state index in [2.05, 4.69) is 24.1 Å². The van der Waals surface area contributed by atoms with Crippen LogP contribution in [0, 0.1) is 11.8 Å². The van der Waals surface area contributed by atoms with E-state index in [1.807, 2.05) is 6.07 Å². The van der Waals surface area contributed by atoms with Gasteiger partial charge in [-0.1, -0.05) is 49.7 Å². The Labute approximate surface area is 241 Å². The summed E-state index contributed by atoms with van der Waals surface area (Å²) >= 11 is 6.19. The molecule has 9 heteroatoms. The summed E-state index contributed by atoms with van der Waals surface area (Å²) in [4.78, 5) is 30.7. The van der Waals surface area contributed by atoms with Gasteiger partial charge in [-0.05, 0) is 79.3 Å². The molecule has 2 aliphatic heterocycles. The van der Waals surface area contributed by atoms with Gasteiger partial charge in [0, 0.05) is 30.2 Å². The van der Waals surface area contributed by atoms with Gasteiger partial charge >= 0.3 is 0 Å². The maximum atomic E-state index is 13.8. The Kier molecular flexibility index (Phi) is 8.31. The fraction of sp³-hybridized carbons (Fsp3) is 0.355. The van der Waals surface area contributed by atoms with Crippen molar-refractivity contribution in [1.29, 1.82) is 0 Å². The molecule has 0 aliphatic carbocycles. The van der Waals surface area contributed by atoms with Gasteiger partial charge in [0.15, 0.2) is 0 Å². The van der Waals surface area contributed by atoms with Crippen molar-refractivity contribution in [3.05, 3.63) is 88.4 Å². The number of nitrogens with one attached hydrogen (secondary N) is 1. The fourth-order valence-electron chi connectivity index (χ4n) is 5.90. The van der Waals surface area contributed by atoms with Crippen LogP contribution < -0.4 is 10.2 Å². The van der Waals surface area contributed by atoms with E-state index < -0.39 is 15.7 Å². The number of benzene rings is 3. The zero-order chi connectivity index (χ0) is 28.4. The highest BCUT2D eigenvalue weighted by Crippen LogP contribution is 2.38. The summed E-state index contributed by atoms with van der Waals surface area (Å²) in [6.45, 7) is 8.23. The van der Waals surface area contributed by atoms with Crippen LogP contribution in [0.5, 0.6) is 0 Å². The van der Waals surface area contributed by atoms with Crippen molar-refractivity contribution in [3.8, 4) is 0 Å². The molecule has 0 spiro atoms. The molecule has 0 aromatic heterocycles. The summed E-state index contributed by atoms with van der Waals surface area (Å²) in [5, 5.41) is 3.48. The Morgan fingerprint density at radius 1 is 0.975 bits per heavy atom. The van der Waals surface area contributed by atoms with Crippen molar-refractivity contribution in [2.24, 2.45) is 11.8 Å². The molecule has 40 heavy (non-hydrogen) atoms. The third kappa shape index (κ3) is 5.94. The summed E-state index contributed by atoms with van der Waals surface area (Å²) in [6.07, 6.45) is 2.07. The molecule has 1 fully saturated rings. The highest BCUT2D eigenvalue weighted by Gasteiger charge is 2.36. The number of fused-ring (bicyclic) bond motifs is 2. The quantitative estimate of drug-likeness (QED) is 0.377. The third-order valence-electron chi connectivity index (χ3n) is 7.56. The molecule has 3 aromatic rings. The average Bonchev–Trinajstić information content (AvgIpc) is 2.98. The van der Waals surface area contributed by atoms with Crippen LogP contribution in [-0.2, 0) is 16.4 Å². The van der Waals surface area contributed by atoms with Gasteiger partial charge in [0.05, 0.1) is 27.6 Å². The van der Waals surface area contributed by atoms with Crippen molar-refractivity contribution in [1.82, 2.24) is 10.2 Å². The zero-order valence-corrected chi connectivity index (χ0v) is 24.3. The van der Waals surface area contributed by atoms with E-state index >= 15 is 0 Å². The molecule has 1 N–H and O–H groups in total. The number of hydrogen-bond acceptors (Lipinski definition) is 5. The van der Waals surface area contributed by atoms with Gasteiger partial charge in [0.1, 0.15) is 0 Å². The molecule has 2 amide bonds. The van der Waals surface area contributed by atoms with Crippen LogP contribution in [0.3, 0.4) is 0 Å². The number of amides is 2. The van der Waals surface area contributed by atoms with Crippen molar-refractivity contribution in [3.63, 3.8) is 0 Å². The summed E-state index contributed by atoms with van der Waals surface area (Å²) in [5.41, 5.74) is 1.29. The molecule has 3 aromatic carbocycles. The highest BCUT2D eigenvalue weighted by atomic mass is 35.5. The van der Waals surface area contributed by atoms with Crippen molar-refractivity contribution < 1.29 is 18.0 Å². The number of piperidine rings is 1. The molecule has 2 atom stereocenters. The molecular weight excluding hydrogens is 546 g/mol. The second-order valence-electron chi connectivity index (χ2n) is 11.0. The number of sulfone groups is 1. The predicted octanol–water partition coefficient (Wildman–Crippen LogP) is 5.43. The van der Waals surface area contributed by atoms with Gasteiger partial charge in [-0.25, -0.2) is 8.42 Å². The average molecular weight is 580 g/mol. The smallest absolute Gasteiger partial charge is 0.259 e. The molecule has 210 valence electrons. The monoisotopic (exact) mass is 579 g/mol. The van der Waals surface area contributed by atoms with Crippen LogP contribution in [0.4, 0.5) is 5.69 Å². The standard InChI is InChI=1S/C31H34ClN3O4S/c1-21-15-22(2)19-34(18-21)14-6-13-33-30(36)24-11-12-29-27(17-24)35(20-23-7-5-8-25(32)16-23)31(37)26-9-3-4-10-28(26)40(29,38)39/h3-5,7-12,16-17,21-22H,6,13-15,18-20H2,1-2H3,(H,33,36)/t21-,22+. The molecule has 2 aliphatic rings. The number of halogens is 1. The minimum atomic E-state index is -4.01. The molecule has 1 saturated heterocycles. The van der Waals surface area contributed by atoms with Gasteiger partial charge in [-0.2, -0.15) is 0 Å². The second kappa shape index (κ2) is 11.7. The van der Waals surface area contributed by atoms with Crippen LogP contribution in [0.25, 0.3) is 0 Å². The van der Waals surface area contributed by atoms with Crippen LogP contribution in [-0.4, -0.2) is 51.3 Å². The van der Waals surface area contributed by atoms with Crippen LogP contribution in [0.15, 0.2) is 76.5 Å². The lowest BCUT2D eigenvalue weighted by Crippen LogP contribution is -2.40. The first-order chi connectivity index (χ1) is 19.1. The predicted molar refractivity (Wildman–Crippen MR) is 157 cm³/mol. The van der Waals surface area contributed by atoms with Gasteiger partial charge < -0.3 is 15.1 Å². The maximum Gasteiger partial charge on any atom is 0.259 e. The highest BCUT2D eigenvalue weighted by molar-refractivity contribution is 7.91. The Balaban J connectivity index is 1.41. The topological polar surface area (TPSA) is 86.8 Å². The van der Waals surface area contributed by atoms with Crippen molar-refractivity contribution >= 4 is 38.9 Å². The summed E-state index contributed by atoms with van der Waals surface area (Å²) in [5.74, 6) is 0.591. The minimum absolute atomic E-state index is 0.0160. The molecule has 0 saturated carbocycles. The Morgan fingerprint density at radius 3 is 2.48 bits per heavy atom. The second-order valence-corrected chi connectivity index (χ2v) is 13.3. The van der Waals surface area contributed by atoms with Gasteiger partial charge in [0.25, 0.3) is 11.8 Å². The van der Waals surface area contributed by atoms with E-state index in [4.69, 9.17) is 11.6 Å². The first-order valence-electron chi connectivity index (χ1n) is 13.7. The summed E-state index contributed by atoms with van der Waals surface area (Å²) in [7, 11) is -4.01. The fourth-order valence-corrected chi connectivity index (χ4v) is 7.75. The summed E-state index contributed by atoms with van der Waals surface area (Å²) < 4.78 is 27.4. The Morgan fingerprint density at radius 2 is 1.73 bits per heavy atom. The molecule has 0 unspecified atom stereocenters.